The zero-order chi connectivity index (χ0) is 17.4. The van der Waals surface area contributed by atoms with Gasteiger partial charge in [-0.25, -0.2) is 9.78 Å². The molecule has 3 heterocycles. The van der Waals surface area contributed by atoms with Crippen LogP contribution in [0.25, 0.3) is 0 Å². The first kappa shape index (κ1) is 16.2. The van der Waals surface area contributed by atoms with E-state index in [1.54, 1.807) is 11.0 Å². The fourth-order valence-corrected chi connectivity index (χ4v) is 3.27. The van der Waals surface area contributed by atoms with Gasteiger partial charge in [0.15, 0.2) is 0 Å². The number of aromatic nitrogens is 4. The van der Waals surface area contributed by atoms with Crippen LogP contribution in [0.1, 0.15) is 34.8 Å². The second-order valence-electron chi connectivity index (χ2n) is 6.18. The second-order valence-corrected chi connectivity index (χ2v) is 6.18. The molecule has 24 heavy (non-hydrogen) atoms. The lowest BCUT2D eigenvalue weighted by Gasteiger charge is -2.32. The van der Waals surface area contributed by atoms with Crippen LogP contribution in [0.5, 0.6) is 0 Å². The predicted molar refractivity (Wildman–Crippen MR) is 85.3 cm³/mol. The van der Waals surface area contributed by atoms with E-state index >= 15 is 0 Å². The van der Waals surface area contributed by atoms with Crippen molar-refractivity contribution in [1.29, 1.82) is 0 Å². The molecule has 2 aromatic rings. The summed E-state index contributed by atoms with van der Waals surface area (Å²) < 4.78 is 1.80. The minimum absolute atomic E-state index is 0.162. The predicted octanol–water partition coefficient (Wildman–Crippen LogP) is 0.731. The molecular weight excluding hydrogens is 310 g/mol. The highest BCUT2D eigenvalue weighted by Crippen LogP contribution is 2.23. The van der Waals surface area contributed by atoms with Crippen LogP contribution in [-0.2, 0) is 36.0 Å². The van der Waals surface area contributed by atoms with Gasteiger partial charge in [0.05, 0.1) is 30.0 Å². The van der Waals surface area contributed by atoms with Gasteiger partial charge in [0, 0.05) is 25.6 Å². The summed E-state index contributed by atoms with van der Waals surface area (Å²) in [5.41, 5.74) is 4.54. The first-order valence-electron chi connectivity index (χ1n) is 7.91. The van der Waals surface area contributed by atoms with Crippen molar-refractivity contribution in [1.82, 2.24) is 24.6 Å². The summed E-state index contributed by atoms with van der Waals surface area (Å²) in [6, 6.07) is -0.857. The van der Waals surface area contributed by atoms with Gasteiger partial charge in [-0.3, -0.25) is 9.48 Å². The highest BCUT2D eigenvalue weighted by atomic mass is 16.4. The van der Waals surface area contributed by atoms with Gasteiger partial charge in [0.25, 0.3) is 0 Å². The third-order valence-corrected chi connectivity index (χ3v) is 4.75. The molecule has 1 atom stereocenters. The summed E-state index contributed by atoms with van der Waals surface area (Å²) in [6.45, 7) is 4.15. The number of imidazole rings is 1. The molecule has 0 radical (unpaired) electrons. The van der Waals surface area contributed by atoms with Crippen LogP contribution >= 0.6 is 0 Å². The minimum atomic E-state index is -0.995. The number of carboxylic acid groups (broad SMARTS) is 1. The molecule has 0 saturated carbocycles. The van der Waals surface area contributed by atoms with Crippen molar-refractivity contribution in [2.45, 2.75) is 45.7 Å². The Kier molecular flexibility index (Phi) is 4.13. The number of carbonyl (C=O) groups excluding carboxylic acids is 1. The summed E-state index contributed by atoms with van der Waals surface area (Å²) in [6.07, 6.45) is 2.61. The number of nitrogens with one attached hydrogen (secondary N) is 1. The quantitative estimate of drug-likeness (QED) is 0.859. The normalized spacial score (nSPS) is 17.0. The Bertz CT molecular complexity index is 792. The molecule has 1 amide bonds. The maximum Gasteiger partial charge on any atom is 0.326 e. The van der Waals surface area contributed by atoms with Crippen molar-refractivity contribution in [2.24, 2.45) is 7.05 Å². The number of aryl methyl sites for hydroxylation is 2. The molecule has 0 fully saturated rings. The molecule has 3 rings (SSSR count). The third kappa shape index (κ3) is 2.79. The van der Waals surface area contributed by atoms with Crippen LogP contribution in [0.2, 0.25) is 0 Å². The van der Waals surface area contributed by atoms with Crippen LogP contribution in [0.4, 0.5) is 0 Å². The maximum absolute atomic E-state index is 12.6. The van der Waals surface area contributed by atoms with Gasteiger partial charge >= 0.3 is 5.97 Å². The van der Waals surface area contributed by atoms with Crippen LogP contribution in [0.3, 0.4) is 0 Å². The highest BCUT2D eigenvalue weighted by molar-refractivity contribution is 5.84. The Balaban J connectivity index is 1.75. The molecule has 8 heteroatoms. The van der Waals surface area contributed by atoms with E-state index in [2.05, 4.69) is 15.1 Å². The van der Waals surface area contributed by atoms with Gasteiger partial charge in [0.1, 0.15) is 6.04 Å². The minimum Gasteiger partial charge on any atom is -0.480 e. The summed E-state index contributed by atoms with van der Waals surface area (Å²) in [4.78, 5) is 32.7. The van der Waals surface area contributed by atoms with E-state index in [1.807, 2.05) is 20.9 Å². The molecule has 0 saturated heterocycles. The van der Waals surface area contributed by atoms with Gasteiger partial charge in [-0.2, -0.15) is 5.10 Å². The lowest BCUT2D eigenvalue weighted by Crippen LogP contribution is -2.48. The Hall–Kier alpha value is -2.64. The number of rotatable bonds is 4. The molecular formula is C16H21N5O3. The first-order chi connectivity index (χ1) is 11.4. The molecule has 2 aromatic heterocycles. The van der Waals surface area contributed by atoms with Crippen LogP contribution in [0.15, 0.2) is 6.33 Å². The highest BCUT2D eigenvalue weighted by Gasteiger charge is 2.35. The number of fused-ring (bicyclic) bond motifs is 1. The van der Waals surface area contributed by atoms with Crippen molar-refractivity contribution >= 4 is 11.9 Å². The summed E-state index contributed by atoms with van der Waals surface area (Å²) in [7, 11) is 1.87. The monoisotopic (exact) mass is 331 g/mol. The molecule has 1 aliphatic heterocycles. The van der Waals surface area contributed by atoms with Gasteiger partial charge in [0.2, 0.25) is 5.91 Å². The number of aliphatic carboxylic acids is 1. The van der Waals surface area contributed by atoms with E-state index in [-0.39, 0.29) is 25.3 Å². The lowest BCUT2D eigenvalue weighted by molar-refractivity contribution is -0.151. The van der Waals surface area contributed by atoms with E-state index in [0.29, 0.717) is 6.42 Å². The number of hydrogen-bond acceptors (Lipinski definition) is 4. The molecule has 1 aliphatic rings. The molecule has 128 valence electrons. The SMILES string of the molecule is Cc1nn(C)c(C)c1CCC(=O)N1Cc2[nH]cnc2C[C@@H]1C(=O)O. The zero-order valence-corrected chi connectivity index (χ0v) is 14.0. The molecule has 2 N–H and O–H groups in total. The number of carboxylic acids is 1. The Morgan fingerprint density at radius 3 is 2.79 bits per heavy atom. The molecule has 0 spiro atoms. The van der Waals surface area contributed by atoms with Gasteiger partial charge in [-0.1, -0.05) is 0 Å². The smallest absolute Gasteiger partial charge is 0.326 e. The van der Waals surface area contributed by atoms with Crippen LogP contribution in [0, 0.1) is 13.8 Å². The van der Waals surface area contributed by atoms with Gasteiger partial charge in [-0.15, -0.1) is 0 Å². The number of amides is 1. The van der Waals surface area contributed by atoms with Gasteiger partial charge in [-0.05, 0) is 25.8 Å². The summed E-state index contributed by atoms with van der Waals surface area (Å²) in [5, 5.41) is 13.8. The average Bonchev–Trinajstić information content (AvgIpc) is 3.09. The maximum atomic E-state index is 12.6. The van der Waals surface area contributed by atoms with E-state index in [4.69, 9.17) is 0 Å². The van der Waals surface area contributed by atoms with Crippen LogP contribution in [-0.4, -0.2) is 47.7 Å². The van der Waals surface area contributed by atoms with E-state index in [1.165, 1.54) is 4.90 Å². The topological polar surface area (TPSA) is 104 Å². The number of hydrogen-bond donors (Lipinski definition) is 2. The standard InChI is InChI=1S/C16H21N5O3/c1-9-11(10(2)20(3)19-9)4-5-15(22)21-7-13-12(17-8-18-13)6-14(21)16(23)24/h8,14H,4-7H2,1-3H3,(H,17,18)(H,23,24)/t14-/m1/s1. The molecule has 0 aromatic carbocycles. The molecule has 0 unspecified atom stereocenters. The summed E-state index contributed by atoms with van der Waals surface area (Å²) >= 11 is 0. The lowest BCUT2D eigenvalue weighted by atomic mass is 10.0. The number of nitrogens with zero attached hydrogens (tertiary/aromatic N) is 4. The van der Waals surface area contributed by atoms with E-state index in [9.17, 15) is 14.7 Å². The Morgan fingerprint density at radius 2 is 2.17 bits per heavy atom. The Labute approximate surface area is 139 Å². The molecule has 0 bridgehead atoms. The average molecular weight is 331 g/mol. The molecule has 8 nitrogen and oxygen atoms in total. The van der Waals surface area contributed by atoms with Crippen LogP contribution < -0.4 is 0 Å². The van der Waals surface area contributed by atoms with Crippen molar-refractivity contribution < 1.29 is 14.7 Å². The van der Waals surface area contributed by atoms with Crippen molar-refractivity contribution in [3.05, 3.63) is 34.7 Å². The van der Waals surface area contributed by atoms with Crippen molar-refractivity contribution in [3.8, 4) is 0 Å². The summed E-state index contributed by atoms with van der Waals surface area (Å²) in [5.74, 6) is -1.16. The first-order valence-corrected chi connectivity index (χ1v) is 7.91. The van der Waals surface area contributed by atoms with E-state index < -0.39 is 12.0 Å². The zero-order valence-electron chi connectivity index (χ0n) is 14.0. The van der Waals surface area contributed by atoms with Crippen molar-refractivity contribution in [3.63, 3.8) is 0 Å². The third-order valence-electron chi connectivity index (χ3n) is 4.75. The largest absolute Gasteiger partial charge is 0.480 e. The van der Waals surface area contributed by atoms with E-state index in [0.717, 1.165) is 28.3 Å². The number of H-pyrrole nitrogens is 1. The number of carbonyl (C=O) groups is 2. The van der Waals surface area contributed by atoms with Crippen molar-refractivity contribution in [2.75, 3.05) is 0 Å². The van der Waals surface area contributed by atoms with Gasteiger partial charge < -0.3 is 15.0 Å². The fraction of sp³-hybridized carbons (Fsp3) is 0.500. The molecule has 0 aliphatic carbocycles. The Morgan fingerprint density at radius 1 is 1.42 bits per heavy atom. The fourth-order valence-electron chi connectivity index (χ4n) is 3.27. The second kappa shape index (κ2) is 6.10. The number of aromatic amines is 1.